The molecule has 3 aromatic carbocycles. The number of ether oxygens (including phenoxy) is 3. The first-order valence-corrected chi connectivity index (χ1v) is 11.6. The molecule has 38 heavy (non-hydrogen) atoms. The summed E-state index contributed by atoms with van der Waals surface area (Å²) in [7, 11) is 1.57. The molecule has 0 heterocycles. The topological polar surface area (TPSA) is 141 Å². The van der Waals surface area contributed by atoms with E-state index >= 15 is 0 Å². The first kappa shape index (κ1) is 29.9. The van der Waals surface area contributed by atoms with E-state index in [0.29, 0.717) is 28.2 Å². The zero-order chi connectivity index (χ0) is 26.8. The van der Waals surface area contributed by atoms with E-state index < -0.39 is 17.9 Å². The van der Waals surface area contributed by atoms with Crippen LogP contribution in [0.15, 0.2) is 72.8 Å². The third kappa shape index (κ3) is 8.35. The molecule has 9 nitrogen and oxygen atoms in total. The van der Waals surface area contributed by atoms with Gasteiger partial charge in [0.1, 0.15) is 17.3 Å². The van der Waals surface area contributed by atoms with Gasteiger partial charge in [-0.05, 0) is 61.0 Å². The molecule has 0 aromatic heterocycles. The summed E-state index contributed by atoms with van der Waals surface area (Å²) in [5, 5.41) is 10.3. The lowest BCUT2D eigenvalue weighted by Gasteiger charge is -2.19. The van der Waals surface area contributed by atoms with Crippen LogP contribution in [0.2, 0.25) is 0 Å². The Bertz CT molecular complexity index is 1250. The fourth-order valence-corrected chi connectivity index (χ4v) is 3.51. The zero-order valence-corrected chi connectivity index (χ0v) is 21.9. The summed E-state index contributed by atoms with van der Waals surface area (Å²) in [5.74, 6) is -0.223. The third-order valence-corrected chi connectivity index (χ3v) is 5.48. The summed E-state index contributed by atoms with van der Waals surface area (Å²) in [4.78, 5) is 37.9. The quantitative estimate of drug-likeness (QED) is 0.138. The van der Waals surface area contributed by atoms with Gasteiger partial charge in [0.05, 0.1) is 19.8 Å². The zero-order valence-electron chi connectivity index (χ0n) is 21.1. The molecule has 200 valence electrons. The Morgan fingerprint density at radius 1 is 0.868 bits per heavy atom. The SMILES string of the molecule is CCOC(=O)COc1ccc(C(=O)C(Cc2ccc(OC)cc2)NC(=O)c2ccc(C(=N)N)cc2)cc1.Cl. The highest BCUT2D eigenvalue weighted by atomic mass is 35.5. The molecule has 0 aliphatic rings. The minimum Gasteiger partial charge on any atom is -0.497 e. The molecule has 1 amide bonds. The Balaban J connectivity index is 0.00000507. The van der Waals surface area contributed by atoms with Gasteiger partial charge in [0.25, 0.3) is 5.91 Å². The lowest BCUT2D eigenvalue weighted by Crippen LogP contribution is -2.42. The van der Waals surface area contributed by atoms with E-state index in [1.54, 1.807) is 74.7 Å². The second-order valence-corrected chi connectivity index (χ2v) is 8.05. The highest BCUT2D eigenvalue weighted by Gasteiger charge is 2.23. The molecule has 1 unspecified atom stereocenters. The molecule has 0 aliphatic heterocycles. The molecule has 1 atom stereocenters. The van der Waals surface area contributed by atoms with Crippen molar-refractivity contribution in [1.82, 2.24) is 5.32 Å². The number of amidine groups is 1. The molecule has 3 rings (SSSR count). The normalized spacial score (nSPS) is 10.9. The van der Waals surface area contributed by atoms with Crippen LogP contribution in [0.3, 0.4) is 0 Å². The second-order valence-electron chi connectivity index (χ2n) is 8.05. The van der Waals surface area contributed by atoms with Crippen molar-refractivity contribution in [2.24, 2.45) is 5.73 Å². The minimum atomic E-state index is -0.861. The second kappa shape index (κ2) is 14.4. The summed E-state index contributed by atoms with van der Waals surface area (Å²) >= 11 is 0. The van der Waals surface area contributed by atoms with Crippen LogP contribution in [0, 0.1) is 5.41 Å². The van der Waals surface area contributed by atoms with Gasteiger partial charge in [0, 0.05) is 23.1 Å². The van der Waals surface area contributed by atoms with E-state index in [9.17, 15) is 14.4 Å². The Morgan fingerprint density at radius 2 is 1.42 bits per heavy atom. The first-order valence-electron chi connectivity index (χ1n) is 11.6. The number of Topliss-reactive ketones (excluding diaryl/α,β-unsaturated/α-hetero) is 1. The number of hydrogen-bond acceptors (Lipinski definition) is 7. The van der Waals surface area contributed by atoms with Crippen molar-refractivity contribution in [3.05, 3.63) is 95.1 Å². The van der Waals surface area contributed by atoms with Crippen LogP contribution < -0.4 is 20.5 Å². The molecule has 0 bridgehead atoms. The van der Waals surface area contributed by atoms with Gasteiger partial charge in [-0.3, -0.25) is 15.0 Å². The number of ketones is 1. The maximum absolute atomic E-state index is 13.4. The van der Waals surface area contributed by atoms with Crippen LogP contribution in [0.5, 0.6) is 11.5 Å². The van der Waals surface area contributed by atoms with Crippen molar-refractivity contribution in [3.63, 3.8) is 0 Å². The Labute approximate surface area is 227 Å². The summed E-state index contributed by atoms with van der Waals surface area (Å²) < 4.78 is 15.4. The Morgan fingerprint density at radius 3 is 1.97 bits per heavy atom. The maximum Gasteiger partial charge on any atom is 0.344 e. The molecule has 0 aliphatic carbocycles. The van der Waals surface area contributed by atoms with Crippen molar-refractivity contribution in [2.75, 3.05) is 20.3 Å². The molecule has 4 N–H and O–H groups in total. The predicted octanol–water partition coefficient (Wildman–Crippen LogP) is 3.57. The smallest absolute Gasteiger partial charge is 0.344 e. The molecule has 0 saturated carbocycles. The molecular formula is C28H30ClN3O6. The number of carbonyl (C=O) groups excluding carboxylic acids is 3. The number of rotatable bonds is 12. The first-order chi connectivity index (χ1) is 17.8. The van der Waals surface area contributed by atoms with Gasteiger partial charge in [-0.15, -0.1) is 12.4 Å². The highest BCUT2D eigenvalue weighted by molar-refractivity contribution is 6.05. The number of nitrogens with one attached hydrogen (secondary N) is 2. The van der Waals surface area contributed by atoms with Gasteiger partial charge in [0.15, 0.2) is 12.4 Å². The van der Waals surface area contributed by atoms with Gasteiger partial charge < -0.3 is 25.3 Å². The predicted molar refractivity (Wildman–Crippen MR) is 146 cm³/mol. The number of nitrogen functional groups attached to an aromatic ring is 1. The number of hydrogen-bond donors (Lipinski definition) is 3. The van der Waals surface area contributed by atoms with Crippen molar-refractivity contribution in [2.45, 2.75) is 19.4 Å². The van der Waals surface area contributed by atoms with Gasteiger partial charge in [-0.2, -0.15) is 0 Å². The Hall–Kier alpha value is -4.37. The molecule has 10 heteroatoms. The number of methoxy groups -OCH3 is 1. The largest absolute Gasteiger partial charge is 0.497 e. The molecule has 0 spiro atoms. The van der Waals surface area contributed by atoms with Gasteiger partial charge in [-0.25, -0.2) is 4.79 Å². The number of esters is 1. The number of carbonyl (C=O) groups is 3. The van der Waals surface area contributed by atoms with Crippen LogP contribution in [0.1, 0.15) is 38.8 Å². The number of amides is 1. The fourth-order valence-electron chi connectivity index (χ4n) is 3.51. The van der Waals surface area contributed by atoms with E-state index in [0.717, 1.165) is 5.56 Å². The Kier molecular flexibility index (Phi) is 11.3. The number of halogens is 1. The summed E-state index contributed by atoms with van der Waals surface area (Å²) in [6.07, 6.45) is 0.251. The van der Waals surface area contributed by atoms with Crippen LogP contribution >= 0.6 is 12.4 Å². The molecule has 3 aromatic rings. The molecule has 0 fully saturated rings. The summed E-state index contributed by atoms with van der Waals surface area (Å²) in [6.45, 7) is 1.73. The van der Waals surface area contributed by atoms with E-state index in [1.165, 1.54) is 0 Å². The van der Waals surface area contributed by atoms with E-state index in [2.05, 4.69) is 5.32 Å². The van der Waals surface area contributed by atoms with Crippen molar-refractivity contribution in [3.8, 4) is 11.5 Å². The fraction of sp³-hybridized carbons (Fsp3) is 0.214. The van der Waals surface area contributed by atoms with Crippen molar-refractivity contribution in [1.29, 1.82) is 5.41 Å². The number of benzene rings is 3. The van der Waals surface area contributed by atoms with E-state index in [1.807, 2.05) is 12.1 Å². The van der Waals surface area contributed by atoms with Crippen LogP contribution in [0.25, 0.3) is 0 Å². The van der Waals surface area contributed by atoms with E-state index in [-0.39, 0.29) is 43.7 Å². The van der Waals surface area contributed by atoms with Crippen LogP contribution in [-0.2, 0) is 16.0 Å². The highest BCUT2D eigenvalue weighted by Crippen LogP contribution is 2.18. The van der Waals surface area contributed by atoms with Crippen molar-refractivity contribution < 1.29 is 28.6 Å². The van der Waals surface area contributed by atoms with Crippen molar-refractivity contribution >= 4 is 35.9 Å². The molecule has 0 radical (unpaired) electrons. The standard InChI is InChI=1S/C28H29N3O6.ClH/c1-3-36-25(32)17-37-23-14-10-19(11-15-23)26(33)24(16-18-4-12-22(35-2)13-5-18)31-28(34)21-8-6-20(7-9-21)27(29)30;/h4-15,24H,3,16-17H2,1-2H3,(H3,29,30)(H,31,34);1H. The third-order valence-electron chi connectivity index (χ3n) is 5.48. The van der Waals surface area contributed by atoms with Gasteiger partial charge in [0.2, 0.25) is 0 Å². The summed E-state index contributed by atoms with van der Waals surface area (Å²) in [5.41, 5.74) is 7.52. The monoisotopic (exact) mass is 539 g/mol. The molecular weight excluding hydrogens is 510 g/mol. The van der Waals surface area contributed by atoms with Gasteiger partial charge in [-0.1, -0.05) is 24.3 Å². The lowest BCUT2D eigenvalue weighted by molar-refractivity contribution is -0.145. The summed E-state index contributed by atoms with van der Waals surface area (Å²) in [6, 6.07) is 19.0. The van der Waals surface area contributed by atoms with Crippen LogP contribution in [-0.4, -0.2) is 49.9 Å². The molecule has 0 saturated heterocycles. The van der Waals surface area contributed by atoms with Crippen LogP contribution in [0.4, 0.5) is 0 Å². The number of nitrogens with two attached hydrogens (primary N) is 1. The maximum atomic E-state index is 13.4. The van der Waals surface area contributed by atoms with E-state index in [4.69, 9.17) is 25.4 Å². The minimum absolute atomic E-state index is 0. The van der Waals surface area contributed by atoms with Gasteiger partial charge >= 0.3 is 5.97 Å². The average molecular weight is 540 g/mol. The average Bonchev–Trinajstić information content (AvgIpc) is 2.92. The lowest BCUT2D eigenvalue weighted by atomic mass is 9.97.